The minimum atomic E-state index is -0.259. The lowest BCUT2D eigenvalue weighted by atomic mass is 9.77. The molecule has 0 aromatic rings. The van der Waals surface area contributed by atoms with E-state index in [1.165, 1.54) is 32.1 Å². The van der Waals surface area contributed by atoms with Crippen molar-refractivity contribution >= 4 is 5.91 Å². The Labute approximate surface area is 122 Å². The highest BCUT2D eigenvalue weighted by Crippen LogP contribution is 2.40. The molecule has 3 fully saturated rings. The van der Waals surface area contributed by atoms with Gasteiger partial charge < -0.3 is 15.0 Å². The molecule has 2 atom stereocenters. The van der Waals surface area contributed by atoms with E-state index in [0.717, 1.165) is 38.4 Å². The molecule has 2 saturated heterocycles. The average Bonchev–Trinajstić information content (AvgIpc) is 2.96. The van der Waals surface area contributed by atoms with E-state index in [1.807, 2.05) is 0 Å². The molecule has 20 heavy (non-hydrogen) atoms. The summed E-state index contributed by atoms with van der Waals surface area (Å²) >= 11 is 0. The van der Waals surface area contributed by atoms with E-state index in [-0.39, 0.29) is 5.41 Å². The third-order valence-corrected chi connectivity index (χ3v) is 5.69. The highest BCUT2D eigenvalue weighted by molar-refractivity contribution is 5.83. The first-order valence-corrected chi connectivity index (χ1v) is 8.27. The number of carbonyl (C=O) groups is 1. The van der Waals surface area contributed by atoms with Gasteiger partial charge in [-0.15, -0.1) is 0 Å². The fraction of sp³-hybridized carbons (Fsp3) is 0.938. The van der Waals surface area contributed by atoms with Crippen molar-refractivity contribution in [1.29, 1.82) is 0 Å². The SMILES string of the molecule is COCC1(C(=O)N2CCCC3CCCC32)CCNCC1. The Morgan fingerprint density at radius 1 is 1.25 bits per heavy atom. The predicted molar refractivity (Wildman–Crippen MR) is 78.5 cm³/mol. The summed E-state index contributed by atoms with van der Waals surface area (Å²) in [6.45, 7) is 3.44. The molecule has 0 aromatic heterocycles. The second-order valence-corrected chi connectivity index (χ2v) is 6.86. The largest absolute Gasteiger partial charge is 0.384 e. The Hall–Kier alpha value is -0.610. The minimum absolute atomic E-state index is 0.259. The molecule has 4 nitrogen and oxygen atoms in total. The van der Waals surface area contributed by atoms with E-state index < -0.39 is 0 Å². The molecular formula is C16H28N2O2. The monoisotopic (exact) mass is 280 g/mol. The van der Waals surface area contributed by atoms with Crippen molar-refractivity contribution < 1.29 is 9.53 Å². The smallest absolute Gasteiger partial charge is 0.231 e. The molecule has 1 amide bonds. The number of ether oxygens (including phenoxy) is 1. The van der Waals surface area contributed by atoms with Crippen LogP contribution in [-0.4, -0.2) is 50.2 Å². The fourth-order valence-electron chi connectivity index (χ4n) is 4.61. The summed E-state index contributed by atoms with van der Waals surface area (Å²) < 4.78 is 5.43. The van der Waals surface area contributed by atoms with Crippen LogP contribution in [0.2, 0.25) is 0 Å². The normalized spacial score (nSPS) is 33.0. The van der Waals surface area contributed by atoms with Crippen LogP contribution in [0.5, 0.6) is 0 Å². The van der Waals surface area contributed by atoms with Gasteiger partial charge in [0.2, 0.25) is 5.91 Å². The molecule has 1 saturated carbocycles. The molecule has 3 aliphatic rings. The Morgan fingerprint density at radius 3 is 2.75 bits per heavy atom. The fourth-order valence-corrected chi connectivity index (χ4v) is 4.61. The molecule has 1 aliphatic carbocycles. The molecule has 0 radical (unpaired) electrons. The van der Waals surface area contributed by atoms with Crippen molar-refractivity contribution in [3.63, 3.8) is 0 Å². The number of likely N-dealkylation sites (tertiary alicyclic amines) is 1. The van der Waals surface area contributed by atoms with Crippen LogP contribution in [0.15, 0.2) is 0 Å². The molecule has 3 rings (SSSR count). The third-order valence-electron chi connectivity index (χ3n) is 5.69. The molecule has 0 bridgehead atoms. The number of hydrogen-bond acceptors (Lipinski definition) is 3. The van der Waals surface area contributed by atoms with E-state index in [0.29, 0.717) is 18.6 Å². The van der Waals surface area contributed by atoms with Crippen LogP contribution >= 0.6 is 0 Å². The summed E-state index contributed by atoms with van der Waals surface area (Å²) in [5.74, 6) is 1.16. The molecule has 2 heterocycles. The van der Waals surface area contributed by atoms with Crippen LogP contribution < -0.4 is 5.32 Å². The maximum atomic E-state index is 13.2. The number of hydrogen-bond donors (Lipinski definition) is 1. The number of nitrogens with one attached hydrogen (secondary N) is 1. The quantitative estimate of drug-likeness (QED) is 0.857. The number of fused-ring (bicyclic) bond motifs is 1. The standard InChI is InChI=1S/C16H28N2O2/c1-20-12-16(7-9-17-10-8-16)15(19)18-11-3-5-13-4-2-6-14(13)18/h13-14,17H,2-12H2,1H3. The molecular weight excluding hydrogens is 252 g/mol. The summed E-state index contributed by atoms with van der Waals surface area (Å²) in [5, 5.41) is 3.38. The second kappa shape index (κ2) is 6.02. The molecule has 2 unspecified atom stereocenters. The van der Waals surface area contributed by atoms with Crippen LogP contribution in [0.3, 0.4) is 0 Å². The summed E-state index contributed by atoms with van der Waals surface area (Å²) in [7, 11) is 1.73. The van der Waals surface area contributed by atoms with Gasteiger partial charge in [-0.05, 0) is 57.5 Å². The molecule has 4 heteroatoms. The highest BCUT2D eigenvalue weighted by Gasteiger charge is 2.46. The van der Waals surface area contributed by atoms with Crippen LogP contribution in [0.4, 0.5) is 0 Å². The Morgan fingerprint density at radius 2 is 2.00 bits per heavy atom. The van der Waals surface area contributed by atoms with Crippen molar-refractivity contribution in [2.24, 2.45) is 11.3 Å². The first kappa shape index (κ1) is 14.3. The van der Waals surface area contributed by atoms with E-state index in [4.69, 9.17) is 4.74 Å². The zero-order chi connectivity index (χ0) is 14.0. The lowest BCUT2D eigenvalue weighted by Crippen LogP contribution is -2.56. The zero-order valence-electron chi connectivity index (χ0n) is 12.7. The van der Waals surface area contributed by atoms with Gasteiger partial charge in [0.1, 0.15) is 0 Å². The minimum Gasteiger partial charge on any atom is -0.384 e. The summed E-state index contributed by atoms with van der Waals surface area (Å²) in [6.07, 6.45) is 8.21. The Kier molecular flexibility index (Phi) is 4.32. The number of piperidine rings is 2. The topological polar surface area (TPSA) is 41.6 Å². The first-order valence-electron chi connectivity index (χ1n) is 8.27. The number of rotatable bonds is 3. The first-order chi connectivity index (χ1) is 9.77. The van der Waals surface area contributed by atoms with Crippen LogP contribution in [0, 0.1) is 11.3 Å². The third kappa shape index (κ3) is 2.48. The van der Waals surface area contributed by atoms with Gasteiger partial charge in [0.05, 0.1) is 12.0 Å². The van der Waals surface area contributed by atoms with Gasteiger partial charge in [-0.25, -0.2) is 0 Å². The van der Waals surface area contributed by atoms with Gasteiger partial charge in [-0.3, -0.25) is 4.79 Å². The van der Waals surface area contributed by atoms with Gasteiger partial charge in [-0.1, -0.05) is 6.42 Å². The van der Waals surface area contributed by atoms with Crippen molar-refractivity contribution in [2.75, 3.05) is 33.4 Å². The second-order valence-electron chi connectivity index (χ2n) is 6.86. The van der Waals surface area contributed by atoms with Crippen LogP contribution in [-0.2, 0) is 9.53 Å². The average molecular weight is 280 g/mol. The zero-order valence-corrected chi connectivity index (χ0v) is 12.7. The van der Waals surface area contributed by atoms with Crippen molar-refractivity contribution in [1.82, 2.24) is 10.2 Å². The lowest BCUT2D eigenvalue weighted by Gasteiger charge is -2.45. The maximum absolute atomic E-state index is 13.2. The summed E-state index contributed by atoms with van der Waals surface area (Å²) in [4.78, 5) is 15.5. The van der Waals surface area contributed by atoms with Crippen molar-refractivity contribution in [2.45, 2.75) is 51.0 Å². The maximum Gasteiger partial charge on any atom is 0.231 e. The molecule has 1 N–H and O–H groups in total. The summed E-state index contributed by atoms with van der Waals surface area (Å²) in [5.41, 5.74) is -0.259. The van der Waals surface area contributed by atoms with Crippen molar-refractivity contribution in [3.05, 3.63) is 0 Å². The number of carbonyl (C=O) groups excluding carboxylic acids is 1. The van der Waals surface area contributed by atoms with Gasteiger partial charge in [-0.2, -0.15) is 0 Å². The van der Waals surface area contributed by atoms with Gasteiger partial charge >= 0.3 is 0 Å². The van der Waals surface area contributed by atoms with E-state index in [2.05, 4.69) is 10.2 Å². The number of amides is 1. The van der Waals surface area contributed by atoms with Gasteiger partial charge in [0.25, 0.3) is 0 Å². The predicted octanol–water partition coefficient (Wildman–Crippen LogP) is 1.79. The van der Waals surface area contributed by atoms with E-state index in [1.54, 1.807) is 7.11 Å². The molecule has 2 aliphatic heterocycles. The van der Waals surface area contributed by atoms with Gasteiger partial charge in [0.15, 0.2) is 0 Å². The lowest BCUT2D eigenvalue weighted by molar-refractivity contribution is -0.152. The van der Waals surface area contributed by atoms with Crippen LogP contribution in [0.1, 0.15) is 44.9 Å². The number of methoxy groups -OCH3 is 1. The number of nitrogens with zero attached hydrogens (tertiary/aromatic N) is 1. The van der Waals surface area contributed by atoms with E-state index >= 15 is 0 Å². The molecule has 0 spiro atoms. The van der Waals surface area contributed by atoms with Gasteiger partial charge in [0, 0.05) is 19.7 Å². The molecule has 114 valence electrons. The van der Waals surface area contributed by atoms with E-state index in [9.17, 15) is 4.79 Å². The van der Waals surface area contributed by atoms with Crippen LogP contribution in [0.25, 0.3) is 0 Å². The Balaban J connectivity index is 1.77. The molecule has 0 aromatic carbocycles. The van der Waals surface area contributed by atoms with Crippen molar-refractivity contribution in [3.8, 4) is 0 Å². The Bertz CT molecular complexity index is 347. The summed E-state index contributed by atoms with van der Waals surface area (Å²) in [6, 6.07) is 0.528. The highest BCUT2D eigenvalue weighted by atomic mass is 16.5.